The van der Waals surface area contributed by atoms with Crippen molar-refractivity contribution in [3.8, 4) is 5.75 Å². The van der Waals surface area contributed by atoms with Gasteiger partial charge in [-0.2, -0.15) is 0 Å². The van der Waals surface area contributed by atoms with Crippen molar-refractivity contribution in [2.45, 2.75) is 13.2 Å². The van der Waals surface area contributed by atoms with Crippen LogP contribution in [0, 0.1) is 5.82 Å². The van der Waals surface area contributed by atoms with Crippen molar-refractivity contribution in [2.24, 2.45) is 0 Å². The molecule has 23 heavy (non-hydrogen) atoms. The van der Waals surface area contributed by atoms with Crippen LogP contribution in [-0.4, -0.2) is 12.8 Å². The first-order valence-corrected chi connectivity index (χ1v) is 7.58. The van der Waals surface area contributed by atoms with Crippen LogP contribution in [-0.2, 0) is 22.7 Å². The predicted molar refractivity (Wildman–Crippen MR) is 84.4 cm³/mol. The molecule has 1 heterocycles. The van der Waals surface area contributed by atoms with Crippen LogP contribution < -0.4 is 10.5 Å². The van der Waals surface area contributed by atoms with Crippen molar-refractivity contribution in [3.05, 3.63) is 57.3 Å². The number of ether oxygens (including phenoxy) is 3. The lowest BCUT2D eigenvalue weighted by Gasteiger charge is -2.20. The number of esters is 1. The van der Waals surface area contributed by atoms with Crippen molar-refractivity contribution in [1.29, 1.82) is 0 Å². The Morgan fingerprint density at radius 2 is 2.17 bits per heavy atom. The summed E-state index contributed by atoms with van der Waals surface area (Å²) in [4.78, 5) is 12.2. The van der Waals surface area contributed by atoms with Crippen LogP contribution in [0.15, 0.2) is 34.8 Å². The van der Waals surface area contributed by atoms with Crippen LogP contribution in [0.4, 0.5) is 10.1 Å². The Morgan fingerprint density at radius 1 is 1.35 bits per heavy atom. The molecule has 0 unspecified atom stereocenters. The summed E-state index contributed by atoms with van der Waals surface area (Å²) in [6, 6.07) is 7.52. The lowest BCUT2D eigenvalue weighted by molar-refractivity contribution is -0.0182. The standard InChI is InChI=1S/C16H13BrFNO4/c17-11-1-2-14(19)13(5-11)16(20)22-7-10-4-12(18)3-9-6-21-8-23-15(9)10/h1-5H,6-8,19H2. The van der Waals surface area contributed by atoms with Crippen molar-refractivity contribution < 1.29 is 23.4 Å². The summed E-state index contributed by atoms with van der Waals surface area (Å²) in [6.07, 6.45) is 0. The minimum absolute atomic E-state index is 0.0815. The summed E-state index contributed by atoms with van der Waals surface area (Å²) in [5.41, 5.74) is 7.36. The summed E-state index contributed by atoms with van der Waals surface area (Å²) >= 11 is 3.27. The highest BCUT2D eigenvalue weighted by molar-refractivity contribution is 9.10. The number of hydrogen-bond donors (Lipinski definition) is 1. The van der Waals surface area contributed by atoms with Gasteiger partial charge in [0.05, 0.1) is 12.2 Å². The Bertz CT molecular complexity index is 766. The van der Waals surface area contributed by atoms with E-state index in [1.807, 2.05) is 0 Å². The Kier molecular flexibility index (Phi) is 4.49. The van der Waals surface area contributed by atoms with Crippen LogP contribution in [0.25, 0.3) is 0 Å². The number of halogens is 2. The molecule has 0 aromatic heterocycles. The van der Waals surface area contributed by atoms with Crippen LogP contribution in [0.3, 0.4) is 0 Å². The maximum absolute atomic E-state index is 13.6. The highest BCUT2D eigenvalue weighted by Gasteiger charge is 2.19. The van der Waals surface area contributed by atoms with E-state index >= 15 is 0 Å². The Balaban J connectivity index is 1.79. The molecule has 0 bridgehead atoms. The number of nitrogen functional groups attached to an aromatic ring is 1. The van der Waals surface area contributed by atoms with Gasteiger partial charge in [0.1, 0.15) is 18.2 Å². The number of anilines is 1. The molecule has 0 radical (unpaired) electrons. The third-order valence-corrected chi connectivity index (χ3v) is 3.84. The molecule has 3 rings (SSSR count). The van der Waals surface area contributed by atoms with E-state index in [0.717, 1.165) is 0 Å². The van der Waals surface area contributed by atoms with Gasteiger partial charge in [-0.25, -0.2) is 9.18 Å². The number of carbonyl (C=O) groups excluding carboxylic acids is 1. The smallest absolute Gasteiger partial charge is 0.340 e. The first-order chi connectivity index (χ1) is 11.0. The molecule has 1 aliphatic heterocycles. The van der Waals surface area contributed by atoms with E-state index in [2.05, 4.69) is 15.9 Å². The van der Waals surface area contributed by atoms with Crippen LogP contribution in [0.1, 0.15) is 21.5 Å². The summed E-state index contributed by atoms with van der Waals surface area (Å²) in [6.45, 7) is 0.218. The second-order valence-corrected chi connectivity index (χ2v) is 5.89. The average Bonchev–Trinajstić information content (AvgIpc) is 2.54. The number of rotatable bonds is 3. The second kappa shape index (κ2) is 6.55. The molecule has 0 fully saturated rings. The van der Waals surface area contributed by atoms with Crippen molar-refractivity contribution in [2.75, 3.05) is 12.5 Å². The van der Waals surface area contributed by atoms with Gasteiger partial charge in [0, 0.05) is 21.3 Å². The molecule has 0 amide bonds. The van der Waals surface area contributed by atoms with Crippen LogP contribution >= 0.6 is 15.9 Å². The first-order valence-electron chi connectivity index (χ1n) is 6.78. The molecule has 2 aromatic carbocycles. The molecule has 120 valence electrons. The predicted octanol–water partition coefficient (Wildman–Crippen LogP) is 3.39. The molecule has 2 aromatic rings. The number of nitrogens with two attached hydrogens (primary N) is 1. The van der Waals surface area contributed by atoms with Gasteiger partial charge in [0.2, 0.25) is 0 Å². The fraction of sp³-hybridized carbons (Fsp3) is 0.188. The molecule has 0 atom stereocenters. The van der Waals surface area contributed by atoms with E-state index in [1.54, 1.807) is 18.2 Å². The highest BCUT2D eigenvalue weighted by Crippen LogP contribution is 2.30. The largest absolute Gasteiger partial charge is 0.467 e. The van der Waals surface area contributed by atoms with E-state index < -0.39 is 11.8 Å². The van der Waals surface area contributed by atoms with Crippen LogP contribution in [0.5, 0.6) is 5.75 Å². The second-order valence-electron chi connectivity index (χ2n) is 4.97. The minimum atomic E-state index is -0.589. The van der Waals surface area contributed by atoms with Gasteiger partial charge < -0.3 is 19.9 Å². The van der Waals surface area contributed by atoms with Crippen LogP contribution in [0.2, 0.25) is 0 Å². The van der Waals surface area contributed by atoms with Gasteiger partial charge in [-0.15, -0.1) is 0 Å². The Morgan fingerprint density at radius 3 is 3.00 bits per heavy atom. The fourth-order valence-electron chi connectivity index (χ4n) is 2.29. The van der Waals surface area contributed by atoms with Gasteiger partial charge in [0.15, 0.2) is 6.79 Å². The molecule has 2 N–H and O–H groups in total. The lowest BCUT2D eigenvalue weighted by Crippen LogP contribution is -2.15. The SMILES string of the molecule is Nc1ccc(Br)cc1C(=O)OCc1cc(F)cc2c1OCOC2. The third kappa shape index (κ3) is 3.46. The molecule has 1 aliphatic rings. The van der Waals surface area contributed by atoms with E-state index in [-0.39, 0.29) is 25.6 Å². The zero-order valence-corrected chi connectivity index (χ0v) is 13.6. The number of hydrogen-bond acceptors (Lipinski definition) is 5. The van der Waals surface area contributed by atoms with Crippen molar-refractivity contribution in [3.63, 3.8) is 0 Å². The molecular formula is C16H13BrFNO4. The Labute approximate surface area is 140 Å². The number of fused-ring (bicyclic) bond motifs is 1. The normalized spacial score (nSPS) is 13.1. The average molecular weight is 382 g/mol. The topological polar surface area (TPSA) is 70.8 Å². The lowest BCUT2D eigenvalue weighted by atomic mass is 10.1. The van der Waals surface area contributed by atoms with Gasteiger partial charge in [-0.05, 0) is 30.3 Å². The van der Waals surface area contributed by atoms with Crippen molar-refractivity contribution >= 4 is 27.6 Å². The van der Waals surface area contributed by atoms with Gasteiger partial charge >= 0.3 is 5.97 Å². The van der Waals surface area contributed by atoms with Gasteiger partial charge in [0.25, 0.3) is 0 Å². The van der Waals surface area contributed by atoms with Gasteiger partial charge in [-0.1, -0.05) is 15.9 Å². The summed E-state index contributed by atoms with van der Waals surface area (Å²) in [7, 11) is 0. The highest BCUT2D eigenvalue weighted by atomic mass is 79.9. The third-order valence-electron chi connectivity index (χ3n) is 3.35. The monoisotopic (exact) mass is 381 g/mol. The van der Waals surface area contributed by atoms with Crippen molar-refractivity contribution in [1.82, 2.24) is 0 Å². The molecule has 0 saturated carbocycles. The quantitative estimate of drug-likeness (QED) is 0.651. The van der Waals surface area contributed by atoms with E-state index in [4.69, 9.17) is 19.9 Å². The first kappa shape index (κ1) is 15.8. The summed E-state index contributed by atoms with van der Waals surface area (Å²) in [5, 5.41) is 0. The zero-order chi connectivity index (χ0) is 16.4. The minimum Gasteiger partial charge on any atom is -0.467 e. The van der Waals surface area contributed by atoms with E-state index in [1.165, 1.54) is 12.1 Å². The molecule has 5 nitrogen and oxygen atoms in total. The molecule has 7 heteroatoms. The van der Waals surface area contributed by atoms with E-state index in [9.17, 15) is 9.18 Å². The molecule has 0 aliphatic carbocycles. The fourth-order valence-corrected chi connectivity index (χ4v) is 2.65. The maximum Gasteiger partial charge on any atom is 0.340 e. The summed E-state index contributed by atoms with van der Waals surface area (Å²) in [5.74, 6) is -0.535. The van der Waals surface area contributed by atoms with E-state index in [0.29, 0.717) is 27.0 Å². The Hall–Kier alpha value is -2.12. The summed E-state index contributed by atoms with van der Waals surface area (Å²) < 4.78 is 30.1. The number of benzene rings is 2. The van der Waals surface area contributed by atoms with Gasteiger partial charge in [-0.3, -0.25) is 0 Å². The maximum atomic E-state index is 13.6. The molecule has 0 saturated heterocycles. The molecule has 0 spiro atoms. The number of carbonyl (C=O) groups is 1. The zero-order valence-electron chi connectivity index (χ0n) is 12.0. The molecular weight excluding hydrogens is 369 g/mol.